The van der Waals surface area contributed by atoms with Crippen molar-refractivity contribution in [2.24, 2.45) is 5.92 Å². The van der Waals surface area contributed by atoms with Crippen LogP contribution in [0.4, 0.5) is 0 Å². The van der Waals surface area contributed by atoms with Gasteiger partial charge in [-0.25, -0.2) is 4.79 Å². The van der Waals surface area contributed by atoms with Crippen LogP contribution in [0.3, 0.4) is 0 Å². The molecule has 0 aliphatic carbocycles. The van der Waals surface area contributed by atoms with Gasteiger partial charge in [0.2, 0.25) is 0 Å². The fourth-order valence-electron chi connectivity index (χ4n) is 3.57. The summed E-state index contributed by atoms with van der Waals surface area (Å²) < 4.78 is 16.5. The number of hydrogen-bond donors (Lipinski definition) is 0. The molecule has 0 N–H and O–H groups in total. The first-order chi connectivity index (χ1) is 15.7. The number of hydrogen-bond acceptors (Lipinski definition) is 4. The summed E-state index contributed by atoms with van der Waals surface area (Å²) in [6.07, 6.45) is 10.4. The van der Waals surface area contributed by atoms with Crippen LogP contribution in [0.1, 0.15) is 75.6 Å². The average molecular weight is 439 g/mol. The molecule has 1 aliphatic heterocycles. The Balaban J connectivity index is 1.33. The van der Waals surface area contributed by atoms with E-state index >= 15 is 0 Å². The van der Waals surface area contributed by atoms with Gasteiger partial charge in [0.15, 0.2) is 0 Å². The molecule has 0 bridgehead atoms. The Morgan fingerprint density at radius 1 is 0.938 bits per heavy atom. The predicted octanol–water partition coefficient (Wildman–Crippen LogP) is 7.06. The zero-order chi connectivity index (χ0) is 22.6. The molecule has 2 atom stereocenters. The highest BCUT2D eigenvalue weighted by Gasteiger charge is 2.20. The highest BCUT2D eigenvalue weighted by molar-refractivity contribution is 5.90. The highest BCUT2D eigenvalue weighted by atomic mass is 16.6. The molecule has 0 spiro atoms. The molecule has 1 aliphatic rings. The second-order valence-corrected chi connectivity index (χ2v) is 8.93. The summed E-state index contributed by atoms with van der Waals surface area (Å²) in [6, 6.07) is 15.8. The van der Waals surface area contributed by atoms with Crippen molar-refractivity contribution in [2.75, 3.05) is 19.8 Å². The van der Waals surface area contributed by atoms with Crippen LogP contribution in [0, 0.1) is 5.92 Å². The van der Waals surface area contributed by atoms with Crippen LogP contribution in [-0.2, 0) is 9.47 Å². The zero-order valence-electron chi connectivity index (χ0n) is 19.7. The van der Waals surface area contributed by atoms with Gasteiger partial charge in [0.05, 0.1) is 31.5 Å². The van der Waals surface area contributed by atoms with Crippen molar-refractivity contribution in [3.05, 3.63) is 54.1 Å². The minimum atomic E-state index is -0.256. The van der Waals surface area contributed by atoms with Gasteiger partial charge in [0, 0.05) is 0 Å². The molecule has 0 aromatic heterocycles. The Kier molecular flexibility index (Phi) is 10.1. The highest BCUT2D eigenvalue weighted by Crippen LogP contribution is 2.23. The van der Waals surface area contributed by atoms with Crippen molar-refractivity contribution in [3.63, 3.8) is 0 Å². The largest absolute Gasteiger partial charge is 0.494 e. The van der Waals surface area contributed by atoms with Crippen LogP contribution in [-0.4, -0.2) is 31.9 Å². The number of carbonyl (C=O) groups is 1. The first-order valence-electron chi connectivity index (χ1n) is 12.3. The van der Waals surface area contributed by atoms with Crippen molar-refractivity contribution >= 4 is 5.97 Å². The van der Waals surface area contributed by atoms with Crippen LogP contribution in [0.2, 0.25) is 0 Å². The molecule has 2 unspecified atom stereocenters. The summed E-state index contributed by atoms with van der Waals surface area (Å²) >= 11 is 0. The maximum Gasteiger partial charge on any atom is 0.338 e. The molecule has 174 valence electrons. The number of rotatable bonds is 15. The first-order valence-corrected chi connectivity index (χ1v) is 12.3. The normalized spacial score (nSPS) is 15.9. The fourth-order valence-corrected chi connectivity index (χ4v) is 3.57. The number of carbonyl (C=O) groups excluding carboxylic acids is 1. The van der Waals surface area contributed by atoms with E-state index in [0.717, 1.165) is 42.9 Å². The van der Waals surface area contributed by atoms with Crippen LogP contribution in [0.15, 0.2) is 48.5 Å². The molecule has 0 radical (unpaired) electrons. The van der Waals surface area contributed by atoms with Crippen molar-refractivity contribution in [2.45, 2.75) is 71.3 Å². The van der Waals surface area contributed by atoms with Crippen LogP contribution in [0.5, 0.6) is 5.75 Å². The van der Waals surface area contributed by atoms with Gasteiger partial charge in [0.1, 0.15) is 5.75 Å². The van der Waals surface area contributed by atoms with E-state index in [0.29, 0.717) is 24.2 Å². The SMILES string of the molecule is CCC(C)COC(=O)c1ccc(-c2ccc(OCCCCCCCCC3CO3)cc2)cc1. The molecule has 1 fully saturated rings. The Labute approximate surface area is 193 Å². The van der Waals surface area contributed by atoms with Gasteiger partial charge in [-0.15, -0.1) is 0 Å². The number of benzene rings is 2. The second kappa shape index (κ2) is 13.3. The van der Waals surface area contributed by atoms with Crippen molar-refractivity contribution < 1.29 is 19.0 Å². The van der Waals surface area contributed by atoms with Gasteiger partial charge >= 0.3 is 5.97 Å². The molecule has 0 amide bonds. The Morgan fingerprint density at radius 2 is 1.53 bits per heavy atom. The number of unbranched alkanes of at least 4 members (excludes halogenated alkanes) is 5. The van der Waals surface area contributed by atoms with Crippen LogP contribution < -0.4 is 4.74 Å². The van der Waals surface area contributed by atoms with E-state index in [2.05, 4.69) is 26.0 Å². The van der Waals surface area contributed by atoms with E-state index < -0.39 is 0 Å². The molecular formula is C28H38O4. The molecule has 1 heterocycles. The lowest BCUT2D eigenvalue weighted by Crippen LogP contribution is -2.11. The molecule has 0 saturated carbocycles. The quantitative estimate of drug-likeness (QED) is 0.170. The minimum Gasteiger partial charge on any atom is -0.494 e. The Hall–Kier alpha value is -2.33. The molecule has 4 heteroatoms. The average Bonchev–Trinajstić information content (AvgIpc) is 3.66. The molecule has 1 saturated heterocycles. The summed E-state index contributed by atoms with van der Waals surface area (Å²) in [5.74, 6) is 1.04. The summed E-state index contributed by atoms with van der Waals surface area (Å²) in [5, 5.41) is 0. The number of ether oxygens (including phenoxy) is 3. The monoisotopic (exact) mass is 438 g/mol. The first kappa shape index (κ1) is 24.3. The van der Waals surface area contributed by atoms with Gasteiger partial charge in [0.25, 0.3) is 0 Å². The van der Waals surface area contributed by atoms with Crippen LogP contribution >= 0.6 is 0 Å². The van der Waals surface area contributed by atoms with E-state index in [1.165, 1.54) is 38.5 Å². The summed E-state index contributed by atoms with van der Waals surface area (Å²) in [7, 11) is 0. The maximum atomic E-state index is 12.2. The predicted molar refractivity (Wildman–Crippen MR) is 129 cm³/mol. The lowest BCUT2D eigenvalue weighted by molar-refractivity contribution is 0.0447. The third kappa shape index (κ3) is 8.66. The third-order valence-electron chi connectivity index (χ3n) is 6.10. The number of esters is 1. The van der Waals surface area contributed by atoms with Gasteiger partial charge in [-0.05, 0) is 54.2 Å². The van der Waals surface area contributed by atoms with E-state index in [1.807, 2.05) is 36.4 Å². The summed E-state index contributed by atoms with van der Waals surface area (Å²) in [6.45, 7) is 6.40. The van der Waals surface area contributed by atoms with E-state index in [4.69, 9.17) is 14.2 Å². The standard InChI is InChI=1S/C28H38O4/c1-3-22(2)20-32-28(29)25-13-11-23(12-14-25)24-15-17-26(18-16-24)30-19-9-7-5-4-6-8-10-27-21-31-27/h11-18,22,27H,3-10,19-21H2,1-2H3. The topological polar surface area (TPSA) is 48.1 Å². The van der Waals surface area contributed by atoms with E-state index in [9.17, 15) is 4.79 Å². The summed E-state index contributed by atoms with van der Waals surface area (Å²) in [5.41, 5.74) is 2.77. The lowest BCUT2D eigenvalue weighted by Gasteiger charge is -2.10. The summed E-state index contributed by atoms with van der Waals surface area (Å²) in [4.78, 5) is 12.2. The van der Waals surface area contributed by atoms with Gasteiger partial charge in [-0.3, -0.25) is 0 Å². The van der Waals surface area contributed by atoms with Gasteiger partial charge in [-0.2, -0.15) is 0 Å². The fraction of sp³-hybridized carbons (Fsp3) is 0.536. The Morgan fingerprint density at radius 3 is 2.16 bits per heavy atom. The minimum absolute atomic E-state index is 0.256. The van der Waals surface area contributed by atoms with Crippen LogP contribution in [0.25, 0.3) is 11.1 Å². The molecule has 2 aromatic rings. The Bertz CT molecular complexity index is 793. The zero-order valence-corrected chi connectivity index (χ0v) is 19.7. The second-order valence-electron chi connectivity index (χ2n) is 8.93. The van der Waals surface area contributed by atoms with Crippen molar-refractivity contribution in [3.8, 4) is 16.9 Å². The molecule has 4 nitrogen and oxygen atoms in total. The lowest BCUT2D eigenvalue weighted by atomic mass is 10.0. The molecule has 2 aromatic carbocycles. The van der Waals surface area contributed by atoms with Crippen molar-refractivity contribution in [1.29, 1.82) is 0 Å². The molecule has 32 heavy (non-hydrogen) atoms. The number of epoxide rings is 1. The molecular weight excluding hydrogens is 400 g/mol. The van der Waals surface area contributed by atoms with E-state index in [1.54, 1.807) is 0 Å². The smallest absolute Gasteiger partial charge is 0.338 e. The van der Waals surface area contributed by atoms with Crippen molar-refractivity contribution in [1.82, 2.24) is 0 Å². The van der Waals surface area contributed by atoms with Gasteiger partial charge < -0.3 is 14.2 Å². The van der Waals surface area contributed by atoms with E-state index in [-0.39, 0.29) is 5.97 Å². The van der Waals surface area contributed by atoms with Gasteiger partial charge in [-0.1, -0.05) is 76.6 Å². The molecule has 3 rings (SSSR count). The maximum absolute atomic E-state index is 12.2. The third-order valence-corrected chi connectivity index (χ3v) is 6.10.